The van der Waals surface area contributed by atoms with Gasteiger partial charge in [-0.1, -0.05) is 5.16 Å². The number of nitrogens with zero attached hydrogens (tertiary/aromatic N) is 6. The Hall–Kier alpha value is -2.97. The third-order valence-corrected chi connectivity index (χ3v) is 4.76. The molecule has 1 amide bonds. The summed E-state index contributed by atoms with van der Waals surface area (Å²) < 4.78 is 7.09. The molecule has 3 aromatic rings. The van der Waals surface area contributed by atoms with Crippen LogP contribution in [0.5, 0.6) is 0 Å². The first-order chi connectivity index (χ1) is 12.3. The van der Waals surface area contributed by atoms with E-state index in [1.807, 2.05) is 10.6 Å². The van der Waals surface area contributed by atoms with Crippen molar-refractivity contribution in [2.24, 2.45) is 0 Å². The van der Waals surface area contributed by atoms with Crippen molar-refractivity contribution < 1.29 is 9.32 Å². The molecule has 0 bridgehead atoms. The van der Waals surface area contributed by atoms with E-state index in [9.17, 15) is 4.79 Å². The standard InChI is InChI=1S/C16H17N7O2/c24-16(12-7-13(25-21-12)10-1-2-10)19-11-3-5-22(8-11)14-15-20-18-9-23(15)6-4-17-14/h4,6-7,9-11H,1-3,5,8H2,(H,19,24)/t11-/m0/s1. The number of carbonyl (C=O) groups excluding carboxylic acids is 1. The largest absolute Gasteiger partial charge is 0.360 e. The van der Waals surface area contributed by atoms with Gasteiger partial charge in [0.25, 0.3) is 5.91 Å². The molecule has 3 aromatic heterocycles. The van der Waals surface area contributed by atoms with Gasteiger partial charge in [-0.3, -0.25) is 9.20 Å². The van der Waals surface area contributed by atoms with Gasteiger partial charge in [0.1, 0.15) is 12.1 Å². The summed E-state index contributed by atoms with van der Waals surface area (Å²) in [7, 11) is 0. The summed E-state index contributed by atoms with van der Waals surface area (Å²) in [6.07, 6.45) is 8.28. The smallest absolute Gasteiger partial charge is 0.273 e. The van der Waals surface area contributed by atoms with Crippen molar-refractivity contribution in [3.05, 3.63) is 36.2 Å². The molecule has 4 heterocycles. The van der Waals surface area contributed by atoms with Crippen molar-refractivity contribution in [1.29, 1.82) is 0 Å². The second kappa shape index (κ2) is 5.54. The molecule has 25 heavy (non-hydrogen) atoms. The lowest BCUT2D eigenvalue weighted by molar-refractivity contribution is 0.0931. The lowest BCUT2D eigenvalue weighted by atomic mass is 10.2. The van der Waals surface area contributed by atoms with Crippen LogP contribution in [-0.2, 0) is 0 Å². The van der Waals surface area contributed by atoms with Gasteiger partial charge in [0, 0.05) is 43.5 Å². The molecule has 1 atom stereocenters. The fourth-order valence-electron chi connectivity index (χ4n) is 3.25. The summed E-state index contributed by atoms with van der Waals surface area (Å²) in [4.78, 5) is 18.9. The van der Waals surface area contributed by atoms with Crippen LogP contribution in [0.25, 0.3) is 5.65 Å². The summed E-state index contributed by atoms with van der Waals surface area (Å²) in [5.74, 6) is 1.87. The summed E-state index contributed by atoms with van der Waals surface area (Å²) in [6, 6.07) is 1.80. The Balaban J connectivity index is 1.27. The minimum atomic E-state index is -0.184. The average molecular weight is 339 g/mol. The minimum absolute atomic E-state index is 0.0403. The zero-order chi connectivity index (χ0) is 16.8. The summed E-state index contributed by atoms with van der Waals surface area (Å²) >= 11 is 0. The van der Waals surface area contributed by atoms with Crippen LogP contribution in [0.4, 0.5) is 5.82 Å². The van der Waals surface area contributed by atoms with Crippen molar-refractivity contribution in [1.82, 2.24) is 30.1 Å². The molecule has 5 rings (SSSR count). The van der Waals surface area contributed by atoms with E-state index >= 15 is 0 Å². The Morgan fingerprint density at radius 1 is 1.32 bits per heavy atom. The van der Waals surface area contributed by atoms with Gasteiger partial charge in [-0.2, -0.15) is 0 Å². The van der Waals surface area contributed by atoms with Crippen molar-refractivity contribution in [2.75, 3.05) is 18.0 Å². The van der Waals surface area contributed by atoms with Crippen LogP contribution in [0.2, 0.25) is 0 Å². The van der Waals surface area contributed by atoms with E-state index in [0.29, 0.717) is 18.2 Å². The molecular formula is C16H17N7O2. The van der Waals surface area contributed by atoms with Crippen LogP contribution >= 0.6 is 0 Å². The maximum absolute atomic E-state index is 12.4. The van der Waals surface area contributed by atoms with Crippen molar-refractivity contribution in [3.63, 3.8) is 0 Å². The highest BCUT2D eigenvalue weighted by Gasteiger charge is 2.30. The molecule has 1 saturated carbocycles. The molecule has 2 aliphatic rings. The predicted molar refractivity (Wildman–Crippen MR) is 87.3 cm³/mol. The number of rotatable bonds is 4. The number of carbonyl (C=O) groups is 1. The van der Waals surface area contributed by atoms with Gasteiger partial charge in [-0.25, -0.2) is 4.98 Å². The predicted octanol–water partition coefficient (Wildman–Crippen LogP) is 0.998. The molecular weight excluding hydrogens is 322 g/mol. The zero-order valence-corrected chi connectivity index (χ0v) is 13.5. The topological polar surface area (TPSA) is 101 Å². The molecule has 0 unspecified atom stereocenters. The Morgan fingerprint density at radius 2 is 2.24 bits per heavy atom. The Labute approximate surface area is 143 Å². The highest BCUT2D eigenvalue weighted by molar-refractivity contribution is 5.92. The van der Waals surface area contributed by atoms with E-state index in [2.05, 4.69) is 30.6 Å². The monoisotopic (exact) mass is 339 g/mol. The maximum Gasteiger partial charge on any atom is 0.273 e. The van der Waals surface area contributed by atoms with Crippen LogP contribution in [-0.4, -0.2) is 49.8 Å². The van der Waals surface area contributed by atoms with Crippen LogP contribution in [0.3, 0.4) is 0 Å². The first-order valence-corrected chi connectivity index (χ1v) is 8.45. The zero-order valence-electron chi connectivity index (χ0n) is 13.5. The van der Waals surface area contributed by atoms with E-state index in [0.717, 1.165) is 43.0 Å². The highest BCUT2D eigenvalue weighted by Crippen LogP contribution is 2.40. The molecule has 9 heteroatoms. The van der Waals surface area contributed by atoms with Crippen LogP contribution in [0.1, 0.15) is 41.4 Å². The number of nitrogens with one attached hydrogen (secondary N) is 1. The van der Waals surface area contributed by atoms with Crippen molar-refractivity contribution in [3.8, 4) is 0 Å². The third-order valence-electron chi connectivity index (χ3n) is 4.76. The van der Waals surface area contributed by atoms with Crippen molar-refractivity contribution >= 4 is 17.4 Å². The first kappa shape index (κ1) is 14.4. The lowest BCUT2D eigenvalue weighted by Gasteiger charge is -2.17. The Bertz CT molecular complexity index is 929. The second-order valence-corrected chi connectivity index (χ2v) is 6.61. The van der Waals surface area contributed by atoms with Gasteiger partial charge in [0.2, 0.25) is 5.65 Å². The number of hydrogen-bond acceptors (Lipinski definition) is 7. The molecule has 1 aliphatic heterocycles. The van der Waals surface area contributed by atoms with E-state index in [1.165, 1.54) is 0 Å². The molecule has 0 spiro atoms. The molecule has 1 aliphatic carbocycles. The normalized spacial score (nSPS) is 20.3. The van der Waals surface area contributed by atoms with E-state index in [1.54, 1.807) is 18.6 Å². The minimum Gasteiger partial charge on any atom is -0.360 e. The molecule has 0 radical (unpaired) electrons. The van der Waals surface area contributed by atoms with Crippen LogP contribution in [0.15, 0.2) is 29.3 Å². The van der Waals surface area contributed by atoms with E-state index in [-0.39, 0.29) is 11.9 Å². The molecule has 128 valence electrons. The average Bonchev–Trinajstić information content (AvgIpc) is 3.07. The summed E-state index contributed by atoms with van der Waals surface area (Å²) in [6.45, 7) is 1.48. The van der Waals surface area contributed by atoms with Gasteiger partial charge >= 0.3 is 0 Å². The van der Waals surface area contributed by atoms with Crippen LogP contribution < -0.4 is 10.2 Å². The van der Waals surface area contributed by atoms with Gasteiger partial charge in [0.15, 0.2) is 11.5 Å². The van der Waals surface area contributed by atoms with Gasteiger partial charge in [-0.15, -0.1) is 10.2 Å². The molecule has 1 N–H and O–H groups in total. The van der Waals surface area contributed by atoms with Crippen LogP contribution in [0, 0.1) is 0 Å². The summed E-state index contributed by atoms with van der Waals surface area (Å²) in [5, 5.41) is 15.0. The molecule has 1 saturated heterocycles. The number of aromatic nitrogens is 5. The molecule has 9 nitrogen and oxygen atoms in total. The second-order valence-electron chi connectivity index (χ2n) is 6.61. The summed E-state index contributed by atoms with van der Waals surface area (Å²) in [5.41, 5.74) is 1.08. The molecule has 2 fully saturated rings. The van der Waals surface area contributed by atoms with Crippen molar-refractivity contribution in [2.45, 2.75) is 31.2 Å². The number of anilines is 1. The van der Waals surface area contributed by atoms with Gasteiger partial charge in [0.05, 0.1) is 0 Å². The highest BCUT2D eigenvalue weighted by atomic mass is 16.5. The van der Waals surface area contributed by atoms with E-state index < -0.39 is 0 Å². The third kappa shape index (κ3) is 2.61. The Morgan fingerprint density at radius 3 is 3.12 bits per heavy atom. The fraction of sp³-hybridized carbons (Fsp3) is 0.438. The maximum atomic E-state index is 12.4. The number of amides is 1. The molecule has 0 aromatic carbocycles. The van der Waals surface area contributed by atoms with Gasteiger partial charge < -0.3 is 14.7 Å². The lowest BCUT2D eigenvalue weighted by Crippen LogP contribution is -2.37. The SMILES string of the molecule is O=C(N[C@H]1CCN(c2nccn3cnnc23)C1)c1cc(C2CC2)on1. The number of hydrogen-bond donors (Lipinski definition) is 1. The number of fused-ring (bicyclic) bond motifs is 1. The van der Waals surface area contributed by atoms with E-state index in [4.69, 9.17) is 4.52 Å². The van der Waals surface area contributed by atoms with Gasteiger partial charge in [-0.05, 0) is 19.3 Å². The quantitative estimate of drug-likeness (QED) is 0.756. The fourth-order valence-corrected chi connectivity index (χ4v) is 3.25. The Kier molecular flexibility index (Phi) is 3.19. The first-order valence-electron chi connectivity index (χ1n) is 8.45.